The minimum absolute atomic E-state index is 0.123. The zero-order valence-electron chi connectivity index (χ0n) is 14.2. The average molecular weight is 315 g/mol. The van der Waals surface area contributed by atoms with E-state index in [1.807, 2.05) is 43.7 Å². The SMILES string of the molecule is CC.CCCCCCCC(NCC)C(N)=O.c1ccsc1. The van der Waals surface area contributed by atoms with Crippen LogP contribution in [-0.2, 0) is 4.79 Å². The van der Waals surface area contributed by atoms with Crippen LogP contribution in [0.1, 0.15) is 66.2 Å². The van der Waals surface area contributed by atoms with Gasteiger partial charge in [0.1, 0.15) is 0 Å². The number of primary amides is 1. The summed E-state index contributed by atoms with van der Waals surface area (Å²) < 4.78 is 0. The number of carbonyl (C=O) groups excluding carboxylic acids is 1. The molecule has 0 bridgehead atoms. The van der Waals surface area contributed by atoms with Crippen LogP contribution in [0.5, 0.6) is 0 Å². The summed E-state index contributed by atoms with van der Waals surface area (Å²) in [4.78, 5) is 11.0. The molecule has 1 aromatic heterocycles. The van der Waals surface area contributed by atoms with E-state index in [1.54, 1.807) is 11.3 Å². The number of likely N-dealkylation sites (N-methyl/N-ethyl adjacent to an activating group) is 1. The molecule has 0 aliphatic heterocycles. The lowest BCUT2D eigenvalue weighted by molar-refractivity contribution is -0.120. The van der Waals surface area contributed by atoms with Gasteiger partial charge < -0.3 is 11.1 Å². The Morgan fingerprint density at radius 1 is 1.10 bits per heavy atom. The van der Waals surface area contributed by atoms with Gasteiger partial charge in [-0.15, -0.1) is 0 Å². The van der Waals surface area contributed by atoms with Gasteiger partial charge >= 0.3 is 0 Å². The summed E-state index contributed by atoms with van der Waals surface area (Å²) >= 11 is 1.71. The number of hydrogen-bond donors (Lipinski definition) is 2. The van der Waals surface area contributed by atoms with Crippen molar-refractivity contribution in [2.45, 2.75) is 72.3 Å². The third-order valence-corrected chi connectivity index (χ3v) is 3.44. The lowest BCUT2D eigenvalue weighted by Gasteiger charge is -2.13. The van der Waals surface area contributed by atoms with Crippen LogP contribution >= 0.6 is 11.3 Å². The summed E-state index contributed by atoms with van der Waals surface area (Å²) in [5, 5.41) is 7.18. The molecule has 21 heavy (non-hydrogen) atoms. The molecule has 0 saturated carbocycles. The molecule has 3 nitrogen and oxygen atoms in total. The van der Waals surface area contributed by atoms with Gasteiger partial charge in [-0.25, -0.2) is 0 Å². The molecule has 0 fully saturated rings. The summed E-state index contributed by atoms with van der Waals surface area (Å²) in [7, 11) is 0. The first-order valence-corrected chi connectivity index (χ1v) is 9.16. The molecule has 1 rings (SSSR count). The Bertz CT molecular complexity index is 272. The Labute approximate surface area is 135 Å². The number of carbonyl (C=O) groups is 1. The minimum Gasteiger partial charge on any atom is -0.368 e. The van der Waals surface area contributed by atoms with Crippen molar-refractivity contribution in [3.8, 4) is 0 Å². The number of amides is 1. The summed E-state index contributed by atoms with van der Waals surface area (Å²) in [6.07, 6.45) is 7.01. The van der Waals surface area contributed by atoms with Gasteiger partial charge in [0.15, 0.2) is 0 Å². The molecule has 1 aromatic rings. The maximum absolute atomic E-state index is 11.0. The Balaban J connectivity index is 0. The van der Waals surface area contributed by atoms with E-state index < -0.39 is 0 Å². The maximum atomic E-state index is 11.0. The molecule has 0 radical (unpaired) electrons. The highest BCUT2D eigenvalue weighted by Crippen LogP contribution is 2.07. The minimum atomic E-state index is -0.220. The van der Waals surface area contributed by atoms with Crippen LogP contribution in [0.4, 0.5) is 0 Å². The van der Waals surface area contributed by atoms with Crippen molar-refractivity contribution in [2.24, 2.45) is 5.73 Å². The largest absolute Gasteiger partial charge is 0.368 e. The molecule has 0 aliphatic rings. The number of nitrogens with two attached hydrogens (primary N) is 1. The van der Waals surface area contributed by atoms with Crippen molar-refractivity contribution < 1.29 is 4.79 Å². The number of rotatable bonds is 9. The Morgan fingerprint density at radius 2 is 1.67 bits per heavy atom. The molecule has 4 heteroatoms. The molecule has 1 unspecified atom stereocenters. The van der Waals surface area contributed by atoms with E-state index >= 15 is 0 Å². The molecule has 0 aliphatic carbocycles. The second-order valence-corrected chi connectivity index (χ2v) is 5.33. The second kappa shape index (κ2) is 19.1. The molecular formula is C17H34N2OS. The van der Waals surface area contributed by atoms with Crippen molar-refractivity contribution in [3.05, 3.63) is 22.9 Å². The van der Waals surface area contributed by atoms with Crippen molar-refractivity contribution in [3.63, 3.8) is 0 Å². The first-order valence-electron chi connectivity index (χ1n) is 8.22. The standard InChI is InChI=1S/C11H24N2O.C4H4S.C2H6/c1-3-5-6-7-8-9-10(11(12)14)13-4-2;1-2-4-5-3-1;1-2/h10,13H,3-9H2,1-2H3,(H2,12,14);1-4H;1-2H3. The predicted octanol–water partition coefficient (Wildman–Crippen LogP) is 4.58. The molecule has 124 valence electrons. The summed E-state index contributed by atoms with van der Waals surface area (Å²) in [5.41, 5.74) is 5.26. The second-order valence-electron chi connectivity index (χ2n) is 4.51. The van der Waals surface area contributed by atoms with Crippen LogP contribution in [0.15, 0.2) is 22.9 Å². The highest BCUT2D eigenvalue weighted by atomic mass is 32.1. The number of unbranched alkanes of at least 4 members (excludes halogenated alkanes) is 4. The molecular weight excluding hydrogens is 280 g/mol. The van der Waals surface area contributed by atoms with Crippen LogP contribution in [0.3, 0.4) is 0 Å². The molecule has 0 spiro atoms. The zero-order chi connectivity index (χ0) is 16.3. The van der Waals surface area contributed by atoms with Gasteiger partial charge in [0.05, 0.1) is 6.04 Å². The van der Waals surface area contributed by atoms with Crippen LogP contribution in [0.25, 0.3) is 0 Å². The summed E-state index contributed by atoms with van der Waals surface area (Å²) in [5.74, 6) is -0.220. The first-order chi connectivity index (χ1) is 10.2. The van der Waals surface area contributed by atoms with E-state index in [9.17, 15) is 4.79 Å². The zero-order valence-corrected chi connectivity index (χ0v) is 15.0. The van der Waals surface area contributed by atoms with Crippen LogP contribution in [0, 0.1) is 0 Å². The van der Waals surface area contributed by atoms with E-state index in [4.69, 9.17) is 5.73 Å². The maximum Gasteiger partial charge on any atom is 0.234 e. The first kappa shape index (κ1) is 22.4. The van der Waals surface area contributed by atoms with Crippen molar-refractivity contribution in [1.29, 1.82) is 0 Å². The van der Waals surface area contributed by atoms with Crippen molar-refractivity contribution in [1.82, 2.24) is 5.32 Å². The van der Waals surface area contributed by atoms with Crippen molar-refractivity contribution in [2.75, 3.05) is 6.54 Å². The highest BCUT2D eigenvalue weighted by molar-refractivity contribution is 7.07. The monoisotopic (exact) mass is 314 g/mol. The van der Waals surface area contributed by atoms with Gasteiger partial charge in [-0.3, -0.25) is 4.79 Å². The smallest absolute Gasteiger partial charge is 0.234 e. The van der Waals surface area contributed by atoms with Gasteiger partial charge in [0.2, 0.25) is 5.91 Å². The third kappa shape index (κ3) is 17.1. The topological polar surface area (TPSA) is 55.1 Å². The Morgan fingerprint density at radius 3 is 2.05 bits per heavy atom. The average Bonchev–Trinajstić information content (AvgIpc) is 3.07. The molecule has 0 aromatic carbocycles. The molecule has 3 N–H and O–H groups in total. The quantitative estimate of drug-likeness (QED) is 0.655. The lowest BCUT2D eigenvalue weighted by atomic mass is 10.1. The fourth-order valence-corrected chi connectivity index (χ4v) is 2.22. The van der Waals surface area contributed by atoms with Crippen LogP contribution in [-0.4, -0.2) is 18.5 Å². The number of hydrogen-bond acceptors (Lipinski definition) is 3. The van der Waals surface area contributed by atoms with E-state index in [2.05, 4.69) is 12.2 Å². The predicted molar refractivity (Wildman–Crippen MR) is 95.7 cm³/mol. The van der Waals surface area contributed by atoms with Crippen LogP contribution < -0.4 is 11.1 Å². The number of thiophene rings is 1. The van der Waals surface area contributed by atoms with Gasteiger partial charge in [0, 0.05) is 0 Å². The van der Waals surface area contributed by atoms with Gasteiger partial charge in [0.25, 0.3) is 0 Å². The molecule has 1 amide bonds. The summed E-state index contributed by atoms with van der Waals surface area (Å²) in [6, 6.07) is 3.91. The highest BCUT2D eigenvalue weighted by Gasteiger charge is 2.12. The normalized spacial score (nSPS) is 10.7. The van der Waals surface area contributed by atoms with Gasteiger partial charge in [-0.1, -0.05) is 71.9 Å². The van der Waals surface area contributed by atoms with E-state index in [1.165, 1.54) is 25.7 Å². The van der Waals surface area contributed by atoms with Crippen LogP contribution in [0.2, 0.25) is 0 Å². The Hall–Kier alpha value is -0.870. The van der Waals surface area contributed by atoms with Gasteiger partial charge in [-0.2, -0.15) is 11.3 Å². The van der Waals surface area contributed by atoms with Crippen molar-refractivity contribution >= 4 is 17.2 Å². The fourth-order valence-electron chi connectivity index (χ4n) is 1.77. The lowest BCUT2D eigenvalue weighted by Crippen LogP contribution is -2.41. The molecule has 1 heterocycles. The van der Waals surface area contributed by atoms with E-state index in [0.29, 0.717) is 0 Å². The molecule has 0 saturated heterocycles. The van der Waals surface area contributed by atoms with E-state index in [0.717, 1.165) is 19.4 Å². The summed E-state index contributed by atoms with van der Waals surface area (Å²) in [6.45, 7) is 9.00. The van der Waals surface area contributed by atoms with E-state index in [-0.39, 0.29) is 11.9 Å². The third-order valence-electron chi connectivity index (χ3n) is 2.82. The number of nitrogens with one attached hydrogen (secondary N) is 1. The fraction of sp³-hybridized carbons (Fsp3) is 0.706. The molecule has 1 atom stereocenters. The Kier molecular flexibility index (Phi) is 20.4. The van der Waals surface area contributed by atoms with Gasteiger partial charge in [-0.05, 0) is 23.7 Å².